The molecule has 52 valence electrons. The lowest BCUT2D eigenvalue weighted by Crippen LogP contribution is -2.36. The van der Waals surface area contributed by atoms with Crippen molar-refractivity contribution in [2.24, 2.45) is 11.3 Å². The summed E-state index contributed by atoms with van der Waals surface area (Å²) in [6.07, 6.45) is 4.64. The van der Waals surface area contributed by atoms with Crippen molar-refractivity contribution in [2.75, 3.05) is 0 Å². The van der Waals surface area contributed by atoms with Crippen molar-refractivity contribution in [2.45, 2.75) is 33.1 Å². The Morgan fingerprint density at radius 2 is 2.00 bits per heavy atom. The highest BCUT2D eigenvalue weighted by Gasteiger charge is 2.39. The van der Waals surface area contributed by atoms with E-state index in [1.807, 2.05) is 0 Å². The van der Waals surface area contributed by atoms with Crippen LogP contribution in [0.25, 0.3) is 0 Å². The largest absolute Gasteiger partial charge is 0.303 e. The first-order valence-electron chi connectivity index (χ1n) is 3.67. The maximum atomic E-state index is 10.6. The number of carbonyl (C=O) groups is 1. The van der Waals surface area contributed by atoms with Gasteiger partial charge in [0.05, 0.1) is 0 Å². The zero-order valence-corrected chi connectivity index (χ0v) is 6.18. The third-order valence-electron chi connectivity index (χ3n) is 2.67. The van der Waals surface area contributed by atoms with Gasteiger partial charge in [0.25, 0.3) is 0 Å². The van der Waals surface area contributed by atoms with Gasteiger partial charge in [0, 0.05) is 5.41 Å². The van der Waals surface area contributed by atoms with Crippen molar-refractivity contribution in [3.05, 3.63) is 0 Å². The van der Waals surface area contributed by atoms with Crippen LogP contribution in [-0.2, 0) is 4.79 Å². The number of carbonyl (C=O) groups excluding carboxylic acids is 1. The van der Waals surface area contributed by atoms with Crippen molar-refractivity contribution >= 4 is 6.29 Å². The second kappa shape index (κ2) is 2.13. The van der Waals surface area contributed by atoms with Crippen molar-refractivity contribution < 1.29 is 4.79 Å². The Morgan fingerprint density at radius 1 is 1.44 bits per heavy atom. The Labute approximate surface area is 56.4 Å². The summed E-state index contributed by atoms with van der Waals surface area (Å²) in [5, 5.41) is 0. The number of rotatable bonds is 2. The van der Waals surface area contributed by atoms with Gasteiger partial charge in [0.2, 0.25) is 0 Å². The molecule has 0 aliphatic heterocycles. The zero-order valence-electron chi connectivity index (χ0n) is 6.18. The Bertz CT molecular complexity index is 112. The van der Waals surface area contributed by atoms with Gasteiger partial charge in [-0.05, 0) is 18.8 Å². The molecule has 0 amide bonds. The average molecular weight is 126 g/mol. The minimum atomic E-state index is 0.0833. The molecule has 0 saturated heterocycles. The molecule has 1 nitrogen and oxygen atoms in total. The lowest BCUT2D eigenvalue weighted by molar-refractivity contribution is -0.123. The van der Waals surface area contributed by atoms with Crippen molar-refractivity contribution in [1.29, 1.82) is 0 Å². The van der Waals surface area contributed by atoms with Gasteiger partial charge in [-0.3, -0.25) is 0 Å². The highest BCUT2D eigenvalue weighted by molar-refractivity contribution is 5.61. The summed E-state index contributed by atoms with van der Waals surface area (Å²) in [6, 6.07) is 0. The third-order valence-corrected chi connectivity index (χ3v) is 2.67. The summed E-state index contributed by atoms with van der Waals surface area (Å²) >= 11 is 0. The van der Waals surface area contributed by atoms with Gasteiger partial charge in [-0.1, -0.05) is 20.3 Å². The van der Waals surface area contributed by atoms with Crippen molar-refractivity contribution in [1.82, 2.24) is 0 Å². The van der Waals surface area contributed by atoms with Gasteiger partial charge < -0.3 is 4.79 Å². The molecule has 0 atom stereocenters. The van der Waals surface area contributed by atoms with Crippen LogP contribution in [-0.4, -0.2) is 6.29 Å². The second-order valence-electron chi connectivity index (χ2n) is 3.36. The van der Waals surface area contributed by atoms with Gasteiger partial charge in [0.15, 0.2) is 0 Å². The molecule has 0 heterocycles. The van der Waals surface area contributed by atoms with E-state index in [-0.39, 0.29) is 5.41 Å². The minimum Gasteiger partial charge on any atom is -0.303 e. The SMILES string of the molecule is CC(C)C1(C=O)CCC1. The number of hydrogen-bond donors (Lipinski definition) is 0. The summed E-state index contributed by atoms with van der Waals surface area (Å²) in [6.45, 7) is 4.26. The molecule has 1 aliphatic rings. The van der Waals surface area contributed by atoms with E-state index in [0.29, 0.717) is 5.92 Å². The van der Waals surface area contributed by atoms with Crippen LogP contribution in [0.15, 0.2) is 0 Å². The summed E-state index contributed by atoms with van der Waals surface area (Å²) < 4.78 is 0. The molecule has 0 aromatic rings. The first kappa shape index (κ1) is 6.79. The van der Waals surface area contributed by atoms with Crippen LogP contribution in [0.2, 0.25) is 0 Å². The Hall–Kier alpha value is -0.330. The van der Waals surface area contributed by atoms with Crippen LogP contribution in [0.5, 0.6) is 0 Å². The van der Waals surface area contributed by atoms with Gasteiger partial charge in [0.1, 0.15) is 6.29 Å². The predicted octanol–water partition coefficient (Wildman–Crippen LogP) is 2.01. The van der Waals surface area contributed by atoms with Crippen molar-refractivity contribution in [3.8, 4) is 0 Å². The van der Waals surface area contributed by atoms with E-state index in [9.17, 15) is 4.79 Å². The Morgan fingerprint density at radius 3 is 2.00 bits per heavy atom. The maximum Gasteiger partial charge on any atom is 0.126 e. The Kier molecular flexibility index (Phi) is 1.60. The van der Waals surface area contributed by atoms with Crippen LogP contribution in [0.4, 0.5) is 0 Å². The van der Waals surface area contributed by atoms with E-state index in [2.05, 4.69) is 13.8 Å². The second-order valence-corrected chi connectivity index (χ2v) is 3.36. The number of hydrogen-bond acceptors (Lipinski definition) is 1. The fourth-order valence-corrected chi connectivity index (χ4v) is 1.42. The van der Waals surface area contributed by atoms with Crippen LogP contribution in [0, 0.1) is 11.3 Å². The van der Waals surface area contributed by atoms with Crippen LogP contribution in [0.1, 0.15) is 33.1 Å². The van der Waals surface area contributed by atoms with Crippen LogP contribution in [0.3, 0.4) is 0 Å². The van der Waals surface area contributed by atoms with E-state index in [0.717, 1.165) is 19.1 Å². The molecule has 9 heavy (non-hydrogen) atoms. The smallest absolute Gasteiger partial charge is 0.126 e. The highest BCUT2D eigenvalue weighted by atomic mass is 16.1. The van der Waals surface area contributed by atoms with E-state index >= 15 is 0 Å². The average Bonchev–Trinajstić information content (AvgIpc) is 1.62. The number of aldehydes is 1. The fourth-order valence-electron chi connectivity index (χ4n) is 1.42. The lowest BCUT2D eigenvalue weighted by atomic mass is 9.63. The molecule has 1 saturated carbocycles. The first-order chi connectivity index (χ1) is 4.21. The van der Waals surface area contributed by atoms with Gasteiger partial charge in [-0.25, -0.2) is 0 Å². The summed E-state index contributed by atoms with van der Waals surface area (Å²) in [7, 11) is 0. The molecule has 0 unspecified atom stereocenters. The zero-order chi connectivity index (χ0) is 6.91. The van der Waals surface area contributed by atoms with Gasteiger partial charge in [-0.15, -0.1) is 0 Å². The van der Waals surface area contributed by atoms with Gasteiger partial charge in [-0.2, -0.15) is 0 Å². The Balaban J connectivity index is 2.56. The standard InChI is InChI=1S/C8H14O/c1-7(2)8(6-9)4-3-5-8/h6-7H,3-5H2,1-2H3. The third kappa shape index (κ3) is 0.887. The molecule has 0 radical (unpaired) electrons. The fraction of sp³-hybridized carbons (Fsp3) is 0.875. The van der Waals surface area contributed by atoms with E-state index in [1.54, 1.807) is 0 Å². The predicted molar refractivity (Wildman–Crippen MR) is 37.2 cm³/mol. The normalized spacial score (nSPS) is 23.4. The summed E-state index contributed by atoms with van der Waals surface area (Å²) in [4.78, 5) is 10.6. The minimum absolute atomic E-state index is 0.0833. The van der Waals surface area contributed by atoms with Gasteiger partial charge >= 0.3 is 0 Å². The molecule has 1 rings (SSSR count). The first-order valence-corrected chi connectivity index (χ1v) is 3.67. The maximum absolute atomic E-state index is 10.6. The molecular formula is C8H14O. The molecule has 1 fully saturated rings. The molecular weight excluding hydrogens is 112 g/mol. The molecule has 0 aromatic heterocycles. The molecule has 0 bridgehead atoms. The van der Waals surface area contributed by atoms with E-state index in [1.165, 1.54) is 6.42 Å². The molecule has 0 N–H and O–H groups in total. The van der Waals surface area contributed by atoms with E-state index < -0.39 is 0 Å². The topological polar surface area (TPSA) is 17.1 Å². The highest BCUT2D eigenvalue weighted by Crippen LogP contribution is 2.44. The summed E-state index contributed by atoms with van der Waals surface area (Å²) in [5.74, 6) is 0.545. The summed E-state index contributed by atoms with van der Waals surface area (Å²) in [5.41, 5.74) is 0.0833. The molecule has 0 aromatic carbocycles. The van der Waals surface area contributed by atoms with Crippen LogP contribution >= 0.6 is 0 Å². The monoisotopic (exact) mass is 126 g/mol. The molecule has 1 aliphatic carbocycles. The van der Waals surface area contributed by atoms with Crippen LogP contribution < -0.4 is 0 Å². The molecule has 0 spiro atoms. The van der Waals surface area contributed by atoms with Crippen molar-refractivity contribution in [3.63, 3.8) is 0 Å². The molecule has 1 heteroatoms. The van der Waals surface area contributed by atoms with E-state index in [4.69, 9.17) is 0 Å². The lowest BCUT2D eigenvalue weighted by Gasteiger charge is -2.40. The quantitative estimate of drug-likeness (QED) is 0.517.